The highest BCUT2D eigenvalue weighted by molar-refractivity contribution is 6.30. The molecule has 1 saturated heterocycles. The Balaban J connectivity index is 1.55. The number of aromatic nitrogens is 2. The minimum absolute atomic E-state index is 0.0273. The van der Waals surface area contributed by atoms with Crippen molar-refractivity contribution in [3.63, 3.8) is 0 Å². The molecule has 1 aliphatic rings. The van der Waals surface area contributed by atoms with E-state index in [0.717, 1.165) is 50.9 Å². The molecule has 6 nitrogen and oxygen atoms in total. The lowest BCUT2D eigenvalue weighted by Crippen LogP contribution is -2.36. The molecular weight excluding hydrogens is 495 g/mol. The van der Waals surface area contributed by atoms with Crippen LogP contribution in [0.1, 0.15) is 29.7 Å². The molecule has 1 fully saturated rings. The monoisotopic (exact) mass is 519 g/mol. The summed E-state index contributed by atoms with van der Waals surface area (Å²) in [4.78, 5) is 2.31. The molecule has 1 aliphatic heterocycles. The molecule has 190 valence electrons. The van der Waals surface area contributed by atoms with E-state index in [2.05, 4.69) is 26.9 Å². The third kappa shape index (κ3) is 6.72. The molecule has 0 unspecified atom stereocenters. The Kier molecular flexibility index (Phi) is 8.41. The van der Waals surface area contributed by atoms with Crippen molar-refractivity contribution in [2.75, 3.05) is 32.8 Å². The highest BCUT2D eigenvalue weighted by Crippen LogP contribution is 2.38. The number of ether oxygens (including phenoxy) is 2. The second kappa shape index (κ2) is 11.7. The van der Waals surface area contributed by atoms with Crippen LogP contribution in [0.15, 0.2) is 42.5 Å². The van der Waals surface area contributed by atoms with Gasteiger partial charge in [-0.2, -0.15) is 18.3 Å². The Hall–Kier alpha value is -3.19. The van der Waals surface area contributed by atoms with Gasteiger partial charge in [-0.1, -0.05) is 35.6 Å². The van der Waals surface area contributed by atoms with Crippen molar-refractivity contribution in [2.45, 2.75) is 25.6 Å². The smallest absolute Gasteiger partial charge is 0.435 e. The average molecular weight is 520 g/mol. The first-order chi connectivity index (χ1) is 17.3. The first-order valence-corrected chi connectivity index (χ1v) is 11.8. The number of aromatic hydroxyl groups is 1. The fraction of sp³-hybridized carbons (Fsp3) is 0.346. The SMILES string of the molecule is Oc1c(-c2cc(C(F)(F)F)n[nH]2)ccc(OCc2ccc(Cl)cc2)c1C#CCCCN1CCOCC1. The molecule has 0 radical (unpaired) electrons. The number of nitrogens with one attached hydrogen (secondary N) is 1. The number of unbranched alkanes of at least 4 members (excludes halogenated alkanes) is 1. The molecule has 0 saturated carbocycles. The van der Waals surface area contributed by atoms with Gasteiger partial charge in [-0.25, -0.2) is 0 Å². The van der Waals surface area contributed by atoms with Crippen molar-refractivity contribution in [3.05, 3.63) is 64.3 Å². The molecule has 2 heterocycles. The van der Waals surface area contributed by atoms with Gasteiger partial charge >= 0.3 is 6.18 Å². The number of hydrogen-bond acceptors (Lipinski definition) is 5. The number of phenols is 1. The van der Waals surface area contributed by atoms with E-state index in [1.54, 1.807) is 18.2 Å². The van der Waals surface area contributed by atoms with Crippen LogP contribution in [-0.4, -0.2) is 53.1 Å². The van der Waals surface area contributed by atoms with E-state index in [0.29, 0.717) is 17.2 Å². The first-order valence-electron chi connectivity index (χ1n) is 11.5. The van der Waals surface area contributed by atoms with Gasteiger partial charge in [0.05, 0.1) is 18.9 Å². The molecule has 4 rings (SSSR count). The highest BCUT2D eigenvalue weighted by atomic mass is 35.5. The molecule has 0 aliphatic carbocycles. The van der Waals surface area contributed by atoms with Gasteiger partial charge in [-0.3, -0.25) is 10.00 Å². The van der Waals surface area contributed by atoms with Gasteiger partial charge < -0.3 is 14.6 Å². The quantitative estimate of drug-likeness (QED) is 0.319. The van der Waals surface area contributed by atoms with Crippen LogP contribution in [0.5, 0.6) is 11.5 Å². The van der Waals surface area contributed by atoms with Crippen molar-refractivity contribution in [2.24, 2.45) is 0 Å². The van der Waals surface area contributed by atoms with Gasteiger partial charge in [0.25, 0.3) is 0 Å². The zero-order chi connectivity index (χ0) is 25.5. The summed E-state index contributed by atoms with van der Waals surface area (Å²) in [6.07, 6.45) is -3.18. The fourth-order valence-electron chi connectivity index (χ4n) is 3.74. The molecule has 3 aromatic rings. The summed E-state index contributed by atoms with van der Waals surface area (Å²) >= 11 is 5.93. The van der Waals surface area contributed by atoms with E-state index < -0.39 is 11.9 Å². The molecule has 0 amide bonds. The molecule has 2 N–H and O–H groups in total. The summed E-state index contributed by atoms with van der Waals surface area (Å²) in [5.74, 6) is 6.08. The molecular formula is C26H25ClF3N3O3. The Morgan fingerprint density at radius 3 is 2.58 bits per heavy atom. The van der Waals surface area contributed by atoms with Crippen molar-refractivity contribution in [3.8, 4) is 34.6 Å². The molecule has 0 spiro atoms. The van der Waals surface area contributed by atoms with Gasteiger partial charge in [0.2, 0.25) is 0 Å². The Bertz CT molecular complexity index is 1230. The zero-order valence-corrected chi connectivity index (χ0v) is 20.1. The number of alkyl halides is 3. The van der Waals surface area contributed by atoms with E-state index in [-0.39, 0.29) is 29.2 Å². The van der Waals surface area contributed by atoms with Gasteiger partial charge in [-0.05, 0) is 48.9 Å². The van der Waals surface area contributed by atoms with Crippen LogP contribution >= 0.6 is 11.6 Å². The Morgan fingerprint density at radius 2 is 1.89 bits per heavy atom. The summed E-state index contributed by atoms with van der Waals surface area (Å²) in [7, 11) is 0. The van der Waals surface area contributed by atoms with Crippen LogP contribution in [0.4, 0.5) is 13.2 Å². The van der Waals surface area contributed by atoms with Gasteiger partial charge in [0, 0.05) is 30.1 Å². The predicted molar refractivity (Wildman–Crippen MR) is 130 cm³/mol. The van der Waals surface area contributed by atoms with Gasteiger partial charge in [-0.15, -0.1) is 0 Å². The average Bonchev–Trinajstić information content (AvgIpc) is 3.36. The van der Waals surface area contributed by atoms with Crippen LogP contribution in [-0.2, 0) is 17.5 Å². The molecule has 1 aromatic heterocycles. The minimum atomic E-state index is -4.60. The summed E-state index contributed by atoms with van der Waals surface area (Å²) in [6, 6.07) is 11.0. The number of morpholine rings is 1. The van der Waals surface area contributed by atoms with Crippen LogP contribution in [0.25, 0.3) is 11.3 Å². The first kappa shape index (κ1) is 25.9. The van der Waals surface area contributed by atoms with E-state index in [1.807, 2.05) is 12.1 Å². The van der Waals surface area contributed by atoms with E-state index in [1.165, 1.54) is 6.07 Å². The topological polar surface area (TPSA) is 70.6 Å². The maximum atomic E-state index is 13.0. The number of H-pyrrole nitrogens is 1. The maximum Gasteiger partial charge on any atom is 0.435 e. The second-order valence-corrected chi connectivity index (χ2v) is 8.71. The van der Waals surface area contributed by atoms with Crippen molar-refractivity contribution < 1.29 is 27.8 Å². The predicted octanol–water partition coefficient (Wildman–Crippen LogP) is 5.50. The molecule has 0 atom stereocenters. The summed E-state index contributed by atoms with van der Waals surface area (Å²) in [5.41, 5.74) is 0.163. The van der Waals surface area contributed by atoms with Crippen LogP contribution in [0, 0.1) is 11.8 Å². The zero-order valence-electron chi connectivity index (χ0n) is 19.4. The van der Waals surface area contributed by atoms with Crippen LogP contribution in [0.3, 0.4) is 0 Å². The number of nitrogens with zero attached hydrogens (tertiary/aromatic N) is 2. The summed E-state index contributed by atoms with van der Waals surface area (Å²) < 4.78 is 50.3. The lowest BCUT2D eigenvalue weighted by molar-refractivity contribution is -0.141. The van der Waals surface area contributed by atoms with E-state index >= 15 is 0 Å². The van der Waals surface area contributed by atoms with Gasteiger partial charge in [0.1, 0.15) is 23.7 Å². The number of phenolic OH excluding ortho intramolecular Hbond substituents is 1. The second-order valence-electron chi connectivity index (χ2n) is 8.27. The fourth-order valence-corrected chi connectivity index (χ4v) is 3.87. The van der Waals surface area contributed by atoms with E-state index in [4.69, 9.17) is 21.1 Å². The normalized spacial score (nSPS) is 14.3. The third-order valence-electron chi connectivity index (χ3n) is 5.70. The number of aromatic amines is 1. The van der Waals surface area contributed by atoms with Crippen LogP contribution in [0.2, 0.25) is 5.02 Å². The summed E-state index contributed by atoms with van der Waals surface area (Å²) in [5, 5.41) is 17.2. The third-order valence-corrected chi connectivity index (χ3v) is 5.95. The summed E-state index contributed by atoms with van der Waals surface area (Å²) in [6.45, 7) is 4.32. The largest absolute Gasteiger partial charge is 0.506 e. The lowest BCUT2D eigenvalue weighted by atomic mass is 10.0. The maximum absolute atomic E-state index is 13.0. The molecule has 2 aromatic carbocycles. The van der Waals surface area contributed by atoms with Crippen molar-refractivity contribution >= 4 is 11.6 Å². The molecule has 10 heteroatoms. The number of hydrogen-bond donors (Lipinski definition) is 2. The molecule has 36 heavy (non-hydrogen) atoms. The highest BCUT2D eigenvalue weighted by Gasteiger charge is 2.34. The Morgan fingerprint density at radius 1 is 1.14 bits per heavy atom. The van der Waals surface area contributed by atoms with Crippen LogP contribution < -0.4 is 4.74 Å². The minimum Gasteiger partial charge on any atom is -0.506 e. The van der Waals surface area contributed by atoms with Gasteiger partial charge in [0.15, 0.2) is 5.69 Å². The number of halogens is 4. The lowest BCUT2D eigenvalue weighted by Gasteiger charge is -2.26. The number of benzene rings is 2. The molecule has 0 bridgehead atoms. The number of rotatable bonds is 7. The van der Waals surface area contributed by atoms with Crippen molar-refractivity contribution in [1.82, 2.24) is 15.1 Å². The Labute approximate surface area is 212 Å². The van der Waals surface area contributed by atoms with E-state index in [9.17, 15) is 18.3 Å². The van der Waals surface area contributed by atoms with Crippen molar-refractivity contribution in [1.29, 1.82) is 0 Å². The standard InChI is InChI=1S/C26H25ClF3N3O3/c27-19-7-5-18(6-8-19)17-36-23-10-9-20(22-16-24(32-31-22)26(28,29)30)25(34)21(23)4-2-1-3-11-33-12-14-35-15-13-33/h5-10,16,34H,1,3,11-15,17H2,(H,31,32).